The van der Waals surface area contributed by atoms with Crippen LogP contribution in [0.5, 0.6) is 0 Å². The van der Waals surface area contributed by atoms with Crippen molar-refractivity contribution < 1.29 is 0 Å². The van der Waals surface area contributed by atoms with Gasteiger partial charge in [0.1, 0.15) is 0 Å². The Balaban J connectivity index is 1.47. The minimum Gasteiger partial charge on any atom is -0.398 e. The molecular weight excluding hydrogens is 220 g/mol. The fourth-order valence-corrected chi connectivity index (χ4v) is 3.58. The monoisotopic (exact) mass is 244 g/mol. The second kappa shape index (κ2) is 5.31. The van der Waals surface area contributed by atoms with Crippen molar-refractivity contribution >= 4 is 5.69 Å². The minimum atomic E-state index is 0.978. The predicted molar refractivity (Wildman–Crippen MR) is 76.2 cm³/mol. The van der Waals surface area contributed by atoms with Crippen molar-refractivity contribution in [2.24, 2.45) is 5.92 Å². The highest BCUT2D eigenvalue weighted by Crippen LogP contribution is 2.30. The third-order valence-electron chi connectivity index (χ3n) is 4.65. The quantitative estimate of drug-likeness (QED) is 0.821. The van der Waals surface area contributed by atoms with Crippen molar-refractivity contribution in [2.45, 2.75) is 51.6 Å². The number of nitrogens with two attached hydrogens (primary N) is 1. The molecule has 0 atom stereocenters. The molecule has 2 N–H and O–H groups in total. The van der Waals surface area contributed by atoms with Crippen LogP contribution in [0.25, 0.3) is 0 Å². The maximum absolute atomic E-state index is 6.04. The van der Waals surface area contributed by atoms with E-state index in [4.69, 9.17) is 5.73 Å². The fraction of sp³-hybridized carbons (Fsp3) is 0.625. The summed E-state index contributed by atoms with van der Waals surface area (Å²) >= 11 is 0. The second-order valence-electron chi connectivity index (χ2n) is 5.99. The van der Waals surface area contributed by atoms with Crippen LogP contribution in [0.1, 0.15) is 49.7 Å². The summed E-state index contributed by atoms with van der Waals surface area (Å²) in [6.45, 7) is 3.41. The molecule has 0 saturated heterocycles. The lowest BCUT2D eigenvalue weighted by Gasteiger charge is -2.16. The zero-order chi connectivity index (χ0) is 12.4. The Labute approximate surface area is 110 Å². The third kappa shape index (κ3) is 2.54. The number of rotatable bonds is 4. The van der Waals surface area contributed by atoms with Gasteiger partial charge in [-0.05, 0) is 42.5 Å². The van der Waals surface area contributed by atoms with E-state index in [9.17, 15) is 0 Å². The van der Waals surface area contributed by atoms with Crippen molar-refractivity contribution in [3.63, 3.8) is 0 Å². The SMILES string of the molecule is Nc1cccc2c1CN(CCCC1CCCC1)C2. The summed E-state index contributed by atoms with van der Waals surface area (Å²) in [5.74, 6) is 1.03. The molecule has 0 unspecified atom stereocenters. The summed E-state index contributed by atoms with van der Waals surface area (Å²) in [6.07, 6.45) is 8.69. The zero-order valence-electron chi connectivity index (χ0n) is 11.2. The molecule has 98 valence electrons. The highest BCUT2D eigenvalue weighted by atomic mass is 15.1. The largest absolute Gasteiger partial charge is 0.398 e. The maximum Gasteiger partial charge on any atom is 0.0363 e. The van der Waals surface area contributed by atoms with Crippen LogP contribution in [0.2, 0.25) is 0 Å². The van der Waals surface area contributed by atoms with Crippen molar-refractivity contribution in [3.05, 3.63) is 29.3 Å². The van der Waals surface area contributed by atoms with Crippen LogP contribution in [0.15, 0.2) is 18.2 Å². The van der Waals surface area contributed by atoms with Crippen LogP contribution in [0, 0.1) is 5.92 Å². The molecule has 1 aliphatic heterocycles. The van der Waals surface area contributed by atoms with Gasteiger partial charge in [0.2, 0.25) is 0 Å². The van der Waals surface area contributed by atoms with E-state index in [1.54, 1.807) is 0 Å². The molecule has 2 heteroatoms. The van der Waals surface area contributed by atoms with E-state index in [0.29, 0.717) is 0 Å². The van der Waals surface area contributed by atoms with Gasteiger partial charge in [-0.3, -0.25) is 4.90 Å². The van der Waals surface area contributed by atoms with Gasteiger partial charge in [0.15, 0.2) is 0 Å². The van der Waals surface area contributed by atoms with Crippen LogP contribution >= 0.6 is 0 Å². The molecule has 0 radical (unpaired) electrons. The predicted octanol–water partition coefficient (Wildman–Crippen LogP) is 3.55. The fourth-order valence-electron chi connectivity index (χ4n) is 3.58. The smallest absolute Gasteiger partial charge is 0.0363 e. The summed E-state index contributed by atoms with van der Waals surface area (Å²) in [6, 6.07) is 6.33. The number of nitrogen functional groups attached to an aromatic ring is 1. The first-order valence-corrected chi connectivity index (χ1v) is 7.41. The highest BCUT2D eigenvalue weighted by molar-refractivity contribution is 5.52. The average Bonchev–Trinajstić information content (AvgIpc) is 2.98. The van der Waals surface area contributed by atoms with Crippen molar-refractivity contribution in [1.82, 2.24) is 4.90 Å². The summed E-state index contributed by atoms with van der Waals surface area (Å²) in [5.41, 5.74) is 9.83. The summed E-state index contributed by atoms with van der Waals surface area (Å²) in [7, 11) is 0. The Hall–Kier alpha value is -1.02. The van der Waals surface area contributed by atoms with Crippen LogP contribution in [0.3, 0.4) is 0 Å². The number of hydrogen-bond donors (Lipinski definition) is 1. The van der Waals surface area contributed by atoms with Gasteiger partial charge in [-0.2, -0.15) is 0 Å². The molecule has 0 amide bonds. The molecular formula is C16H24N2. The highest BCUT2D eigenvalue weighted by Gasteiger charge is 2.21. The van der Waals surface area contributed by atoms with E-state index < -0.39 is 0 Å². The molecule has 1 aromatic carbocycles. The molecule has 3 rings (SSSR count). The van der Waals surface area contributed by atoms with E-state index in [0.717, 1.165) is 24.7 Å². The standard InChI is InChI=1S/C16H24N2/c17-16-9-3-8-14-11-18(12-15(14)16)10-4-7-13-5-1-2-6-13/h3,8-9,13H,1-2,4-7,10-12,17H2. The van der Waals surface area contributed by atoms with Crippen molar-refractivity contribution in [1.29, 1.82) is 0 Å². The topological polar surface area (TPSA) is 29.3 Å². The lowest BCUT2D eigenvalue weighted by atomic mass is 10.0. The van der Waals surface area contributed by atoms with Gasteiger partial charge in [0.25, 0.3) is 0 Å². The molecule has 0 aromatic heterocycles. The number of benzene rings is 1. The Bertz CT molecular complexity index is 408. The third-order valence-corrected chi connectivity index (χ3v) is 4.65. The van der Waals surface area contributed by atoms with E-state index in [2.05, 4.69) is 17.0 Å². The summed E-state index contributed by atoms with van der Waals surface area (Å²) < 4.78 is 0. The molecule has 1 heterocycles. The molecule has 2 aliphatic rings. The number of anilines is 1. The average molecular weight is 244 g/mol. The van der Waals surface area contributed by atoms with Crippen LogP contribution < -0.4 is 5.73 Å². The molecule has 1 aromatic rings. The Morgan fingerprint density at radius 2 is 2.00 bits per heavy atom. The van der Waals surface area contributed by atoms with Gasteiger partial charge in [0, 0.05) is 18.8 Å². The van der Waals surface area contributed by atoms with Crippen molar-refractivity contribution in [2.75, 3.05) is 12.3 Å². The van der Waals surface area contributed by atoms with Gasteiger partial charge in [0.05, 0.1) is 0 Å². The molecule has 1 fully saturated rings. The Morgan fingerprint density at radius 3 is 2.78 bits per heavy atom. The first kappa shape index (κ1) is 12.0. The van der Waals surface area contributed by atoms with E-state index >= 15 is 0 Å². The van der Waals surface area contributed by atoms with Crippen LogP contribution in [-0.2, 0) is 13.1 Å². The second-order valence-corrected chi connectivity index (χ2v) is 5.99. The lowest BCUT2D eigenvalue weighted by molar-refractivity contribution is 0.269. The van der Waals surface area contributed by atoms with E-state index in [1.807, 2.05) is 6.07 Å². The molecule has 1 aliphatic carbocycles. The van der Waals surface area contributed by atoms with Gasteiger partial charge < -0.3 is 5.73 Å². The molecule has 0 spiro atoms. The normalized spacial score (nSPS) is 20.4. The Kier molecular flexibility index (Phi) is 3.55. The van der Waals surface area contributed by atoms with Gasteiger partial charge in [-0.15, -0.1) is 0 Å². The minimum absolute atomic E-state index is 0.978. The Morgan fingerprint density at radius 1 is 1.17 bits per heavy atom. The van der Waals surface area contributed by atoms with Crippen LogP contribution in [0.4, 0.5) is 5.69 Å². The molecule has 0 bridgehead atoms. The molecule has 2 nitrogen and oxygen atoms in total. The van der Waals surface area contributed by atoms with E-state index in [-0.39, 0.29) is 0 Å². The number of hydrogen-bond acceptors (Lipinski definition) is 2. The first-order valence-electron chi connectivity index (χ1n) is 7.41. The number of nitrogens with zero attached hydrogens (tertiary/aromatic N) is 1. The van der Waals surface area contributed by atoms with Gasteiger partial charge in [-0.1, -0.05) is 37.8 Å². The summed E-state index contributed by atoms with van der Waals surface area (Å²) in [4.78, 5) is 2.55. The van der Waals surface area contributed by atoms with E-state index in [1.165, 1.54) is 56.2 Å². The van der Waals surface area contributed by atoms with Crippen molar-refractivity contribution in [3.8, 4) is 0 Å². The van der Waals surface area contributed by atoms with Crippen LogP contribution in [-0.4, -0.2) is 11.4 Å². The van der Waals surface area contributed by atoms with Gasteiger partial charge in [-0.25, -0.2) is 0 Å². The molecule has 1 saturated carbocycles. The van der Waals surface area contributed by atoms with Gasteiger partial charge >= 0.3 is 0 Å². The summed E-state index contributed by atoms with van der Waals surface area (Å²) in [5, 5.41) is 0. The zero-order valence-corrected chi connectivity index (χ0v) is 11.2. The molecule has 18 heavy (non-hydrogen) atoms. The maximum atomic E-state index is 6.04. The lowest BCUT2D eigenvalue weighted by Crippen LogP contribution is -2.18. The first-order chi connectivity index (χ1) is 8.83. The number of fused-ring (bicyclic) bond motifs is 1.